The first-order chi connectivity index (χ1) is 27.9. The number of ether oxygens (including phenoxy) is 6. The summed E-state index contributed by atoms with van der Waals surface area (Å²) >= 11 is 0. The first kappa shape index (κ1) is 41.6. The van der Waals surface area contributed by atoms with Gasteiger partial charge < -0.3 is 33.5 Å². The number of unbranched alkanes of at least 4 members (excludes halogenated alkanes) is 5. The zero-order valence-corrected chi connectivity index (χ0v) is 32.8. The van der Waals surface area contributed by atoms with Crippen molar-refractivity contribution in [1.29, 1.82) is 0 Å². The van der Waals surface area contributed by atoms with Gasteiger partial charge in [0, 0.05) is 13.2 Å². The molecule has 2 fully saturated rings. The van der Waals surface area contributed by atoms with Gasteiger partial charge >= 0.3 is 17.9 Å². The fourth-order valence-corrected chi connectivity index (χ4v) is 6.97. The van der Waals surface area contributed by atoms with Gasteiger partial charge in [-0.3, -0.25) is 0 Å². The molecule has 2 aliphatic rings. The van der Waals surface area contributed by atoms with Crippen molar-refractivity contribution in [2.45, 2.75) is 102 Å². The summed E-state index contributed by atoms with van der Waals surface area (Å²) in [5, 5.41) is 10.8. The van der Waals surface area contributed by atoms with Crippen molar-refractivity contribution in [3.63, 3.8) is 0 Å². The highest BCUT2D eigenvalue weighted by Gasteiger charge is 2.43. The maximum atomic E-state index is 13.4. The lowest BCUT2D eigenvalue weighted by Gasteiger charge is -2.18. The van der Waals surface area contributed by atoms with Crippen LogP contribution in [0.5, 0.6) is 17.2 Å². The molecular weight excluding hydrogens is 725 g/mol. The molecule has 4 unspecified atom stereocenters. The number of hydrogen-bond donors (Lipinski definition) is 1. The Hall–Kier alpha value is -5.03. The molecule has 1 aliphatic carbocycles. The van der Waals surface area contributed by atoms with Crippen LogP contribution < -0.4 is 14.2 Å². The molecule has 0 radical (unpaired) electrons. The zero-order valence-electron chi connectivity index (χ0n) is 32.8. The molecule has 1 saturated carbocycles. The van der Waals surface area contributed by atoms with Crippen molar-refractivity contribution >= 4 is 17.9 Å². The Morgan fingerprint density at radius 2 is 1.42 bits per heavy atom. The minimum absolute atomic E-state index is 0.0128. The minimum atomic E-state index is -0.761. The molecule has 1 heterocycles. The molecule has 302 valence electrons. The van der Waals surface area contributed by atoms with Crippen LogP contribution in [0.3, 0.4) is 0 Å². The molecule has 0 amide bonds. The number of esters is 3. The van der Waals surface area contributed by atoms with Gasteiger partial charge in [-0.05, 0) is 110 Å². The number of benzene rings is 4. The second-order valence-corrected chi connectivity index (χ2v) is 14.9. The van der Waals surface area contributed by atoms with E-state index in [0.717, 1.165) is 76.6 Å². The Balaban J connectivity index is 1.01. The topological polar surface area (TPSA) is 130 Å². The third kappa shape index (κ3) is 13.0. The molecule has 0 aromatic heterocycles. The van der Waals surface area contributed by atoms with Crippen LogP contribution in [0.15, 0.2) is 97.1 Å². The lowest BCUT2D eigenvalue weighted by Crippen LogP contribution is -2.18. The predicted molar refractivity (Wildman–Crippen MR) is 215 cm³/mol. The van der Waals surface area contributed by atoms with Gasteiger partial charge in [-0.25, -0.2) is 14.4 Å². The third-order valence-electron chi connectivity index (χ3n) is 10.4. The molecule has 10 heteroatoms. The Kier molecular flexibility index (Phi) is 15.7. The molecule has 4 aromatic carbocycles. The van der Waals surface area contributed by atoms with Gasteiger partial charge in [-0.15, -0.1) is 0 Å². The first-order valence-electron chi connectivity index (χ1n) is 20.4. The highest BCUT2D eigenvalue weighted by atomic mass is 16.6. The van der Waals surface area contributed by atoms with Gasteiger partial charge in [-0.1, -0.05) is 81.5 Å². The molecule has 4 aromatic rings. The Morgan fingerprint density at radius 1 is 0.719 bits per heavy atom. The zero-order chi connectivity index (χ0) is 39.8. The van der Waals surface area contributed by atoms with Crippen LogP contribution in [0, 0.1) is 5.92 Å². The van der Waals surface area contributed by atoms with Crippen LogP contribution in [0.25, 0.3) is 0 Å². The SMILES string of the molecule is CCCCCCOc1ccc(C(=O)Oc2ccc(OC(=O)c3ccc(C(O)CCCCCOCC4CCC5OC5C4)cc3)cc2C(=O)OCc2ccccc2)cc1. The Bertz CT molecular complexity index is 1870. The Morgan fingerprint density at radius 3 is 2.18 bits per heavy atom. The van der Waals surface area contributed by atoms with E-state index >= 15 is 0 Å². The molecule has 0 bridgehead atoms. The molecule has 1 aliphatic heterocycles. The molecular formula is C47H54O10. The monoisotopic (exact) mass is 778 g/mol. The molecule has 0 spiro atoms. The van der Waals surface area contributed by atoms with Crippen LogP contribution in [0.4, 0.5) is 0 Å². The van der Waals surface area contributed by atoms with Gasteiger partial charge in [0.1, 0.15) is 29.4 Å². The summed E-state index contributed by atoms with van der Waals surface area (Å²) in [6.07, 6.45) is 11.5. The average Bonchev–Trinajstić information content (AvgIpc) is 4.02. The van der Waals surface area contributed by atoms with Gasteiger partial charge in [-0.2, -0.15) is 0 Å². The van der Waals surface area contributed by atoms with E-state index in [1.807, 2.05) is 30.3 Å². The van der Waals surface area contributed by atoms with E-state index in [4.69, 9.17) is 28.4 Å². The molecule has 1 N–H and O–H groups in total. The van der Waals surface area contributed by atoms with Crippen molar-refractivity contribution in [2.24, 2.45) is 5.92 Å². The predicted octanol–water partition coefficient (Wildman–Crippen LogP) is 9.62. The van der Waals surface area contributed by atoms with E-state index < -0.39 is 24.0 Å². The van der Waals surface area contributed by atoms with E-state index in [0.29, 0.717) is 42.5 Å². The second kappa shape index (κ2) is 21.5. The van der Waals surface area contributed by atoms with Gasteiger partial charge in [0.25, 0.3) is 0 Å². The maximum absolute atomic E-state index is 13.4. The molecule has 6 rings (SSSR count). The number of aliphatic hydroxyl groups is 1. The lowest BCUT2D eigenvalue weighted by molar-refractivity contribution is 0.0465. The van der Waals surface area contributed by atoms with E-state index in [1.165, 1.54) is 24.6 Å². The fraction of sp³-hybridized carbons (Fsp3) is 0.426. The van der Waals surface area contributed by atoms with Crippen molar-refractivity contribution in [1.82, 2.24) is 0 Å². The van der Waals surface area contributed by atoms with Crippen molar-refractivity contribution in [3.05, 3.63) is 125 Å². The van der Waals surface area contributed by atoms with Crippen LogP contribution in [0.2, 0.25) is 0 Å². The van der Waals surface area contributed by atoms with Gasteiger partial charge in [0.2, 0.25) is 0 Å². The number of hydrogen-bond acceptors (Lipinski definition) is 10. The standard InChI is InChI=1S/C47H54O10/c1-2-3-4-11-28-53-38-22-20-37(21-23-38)46(50)57-42-26-24-39(30-40(42)47(51)54-32-33-12-7-5-8-13-33)55-45(49)36-18-16-35(17-19-36)41(48)14-9-6-10-27-52-31-34-15-25-43-44(29-34)56-43/h5,7-8,12-13,16-24,26,30,34,41,43-44,48H,2-4,6,9-11,14-15,25,27-29,31-32H2,1H3. The van der Waals surface area contributed by atoms with Crippen molar-refractivity contribution in [2.75, 3.05) is 19.8 Å². The van der Waals surface area contributed by atoms with Crippen LogP contribution in [-0.4, -0.2) is 55.0 Å². The smallest absolute Gasteiger partial charge is 0.343 e. The quantitative estimate of drug-likeness (QED) is 0.0356. The number of carbonyl (C=O) groups is 3. The van der Waals surface area contributed by atoms with Crippen molar-refractivity contribution in [3.8, 4) is 17.2 Å². The lowest BCUT2D eigenvalue weighted by atomic mass is 9.90. The van der Waals surface area contributed by atoms with Crippen LogP contribution in [0.1, 0.15) is 126 Å². The summed E-state index contributed by atoms with van der Waals surface area (Å²) in [5.41, 5.74) is 1.93. The number of rotatable bonds is 22. The second-order valence-electron chi connectivity index (χ2n) is 14.9. The summed E-state index contributed by atoms with van der Waals surface area (Å²) in [6.45, 7) is 4.27. The molecule has 57 heavy (non-hydrogen) atoms. The average molecular weight is 779 g/mol. The van der Waals surface area contributed by atoms with E-state index in [9.17, 15) is 19.5 Å². The number of fused-ring (bicyclic) bond motifs is 1. The van der Waals surface area contributed by atoms with Crippen LogP contribution >= 0.6 is 0 Å². The van der Waals surface area contributed by atoms with E-state index in [-0.39, 0.29) is 34.8 Å². The summed E-state index contributed by atoms with van der Waals surface area (Å²) in [7, 11) is 0. The van der Waals surface area contributed by atoms with E-state index in [2.05, 4.69) is 6.92 Å². The minimum Gasteiger partial charge on any atom is -0.494 e. The summed E-state index contributed by atoms with van der Waals surface area (Å²) in [6, 6.07) is 26.6. The fourth-order valence-electron chi connectivity index (χ4n) is 6.97. The number of carbonyl (C=O) groups excluding carboxylic acids is 3. The first-order valence-corrected chi connectivity index (χ1v) is 20.4. The van der Waals surface area contributed by atoms with Crippen molar-refractivity contribution < 1.29 is 47.9 Å². The third-order valence-corrected chi connectivity index (χ3v) is 10.4. The highest BCUT2D eigenvalue weighted by molar-refractivity contribution is 5.97. The molecule has 1 saturated heterocycles. The Labute approximate surface area is 335 Å². The van der Waals surface area contributed by atoms with Gasteiger partial charge in [0.05, 0.1) is 36.0 Å². The summed E-state index contributed by atoms with van der Waals surface area (Å²) in [4.78, 5) is 39.7. The van der Waals surface area contributed by atoms with Crippen LogP contribution in [-0.2, 0) is 20.8 Å². The van der Waals surface area contributed by atoms with Gasteiger partial charge in [0.15, 0.2) is 0 Å². The largest absolute Gasteiger partial charge is 0.494 e. The molecule has 10 nitrogen and oxygen atoms in total. The maximum Gasteiger partial charge on any atom is 0.343 e. The molecule has 4 atom stereocenters. The summed E-state index contributed by atoms with van der Waals surface area (Å²) in [5.74, 6) is -0.831. The normalized spacial score (nSPS) is 17.5. The van der Waals surface area contributed by atoms with E-state index in [1.54, 1.807) is 48.5 Å². The number of epoxide rings is 1. The highest BCUT2D eigenvalue weighted by Crippen LogP contribution is 2.39. The number of aliphatic hydroxyl groups excluding tert-OH is 1. The summed E-state index contributed by atoms with van der Waals surface area (Å²) < 4.78 is 34.2.